The third-order valence-corrected chi connectivity index (χ3v) is 5.81. The Morgan fingerprint density at radius 2 is 1.88 bits per heavy atom. The Labute approximate surface area is 187 Å². The molecule has 2 aromatic heterocycles. The van der Waals surface area contributed by atoms with E-state index in [1.807, 2.05) is 13.1 Å². The van der Waals surface area contributed by atoms with E-state index in [-0.39, 0.29) is 22.9 Å². The second kappa shape index (κ2) is 7.88. The monoisotopic (exact) mass is 432 g/mol. The van der Waals surface area contributed by atoms with Crippen molar-refractivity contribution in [2.24, 2.45) is 0 Å². The molecule has 3 aromatic rings. The quantitative estimate of drug-likeness (QED) is 0.646. The first-order chi connectivity index (χ1) is 15.1. The molecule has 0 bridgehead atoms. The van der Waals surface area contributed by atoms with Crippen LogP contribution < -0.4 is 10.2 Å². The Morgan fingerprint density at radius 3 is 2.44 bits per heavy atom. The Hall–Kier alpha value is -3.51. The van der Waals surface area contributed by atoms with Crippen molar-refractivity contribution < 1.29 is 5.11 Å². The van der Waals surface area contributed by atoms with Crippen LogP contribution in [0.15, 0.2) is 36.8 Å². The van der Waals surface area contributed by atoms with Crippen molar-refractivity contribution in [2.75, 3.05) is 11.9 Å². The Bertz CT molecular complexity index is 1140. The number of nitrogens with one attached hydrogen (secondary N) is 1. The summed E-state index contributed by atoms with van der Waals surface area (Å²) in [5.74, 6) is 0.597. The van der Waals surface area contributed by atoms with Gasteiger partial charge in [-0.05, 0) is 52.7 Å². The molecular weight excluding hydrogens is 404 g/mol. The molecule has 1 fully saturated rings. The van der Waals surface area contributed by atoms with Crippen molar-refractivity contribution in [1.29, 1.82) is 5.26 Å². The topological polar surface area (TPSA) is 116 Å². The Balaban J connectivity index is 1.54. The predicted octanol–water partition coefficient (Wildman–Crippen LogP) is 3.05. The number of nitriles is 1. The summed E-state index contributed by atoms with van der Waals surface area (Å²) < 4.78 is 1.53. The van der Waals surface area contributed by atoms with Crippen LogP contribution in [0, 0.1) is 11.3 Å². The lowest BCUT2D eigenvalue weighted by atomic mass is 9.79. The van der Waals surface area contributed by atoms with Gasteiger partial charge in [-0.3, -0.25) is 0 Å². The smallest absolute Gasteiger partial charge is 0.245 e. The second-order valence-electron chi connectivity index (χ2n) is 9.70. The zero-order valence-electron chi connectivity index (χ0n) is 19.0. The molecule has 0 unspecified atom stereocenters. The van der Waals surface area contributed by atoms with Crippen LogP contribution in [0.1, 0.15) is 46.1 Å². The van der Waals surface area contributed by atoms with Gasteiger partial charge in [-0.1, -0.05) is 0 Å². The fourth-order valence-corrected chi connectivity index (χ4v) is 4.66. The number of anilines is 1. The van der Waals surface area contributed by atoms with E-state index in [1.165, 1.54) is 10.9 Å². The third-order valence-electron chi connectivity index (χ3n) is 5.81. The minimum atomic E-state index is 0.0180. The average Bonchev–Trinajstić information content (AvgIpc) is 3.20. The highest BCUT2D eigenvalue weighted by atomic mass is 16.3. The summed E-state index contributed by atoms with van der Waals surface area (Å²) >= 11 is 0. The summed E-state index contributed by atoms with van der Waals surface area (Å²) in [4.78, 5) is 6.62. The van der Waals surface area contributed by atoms with Gasteiger partial charge in [0, 0.05) is 42.0 Å². The van der Waals surface area contributed by atoms with E-state index in [0.29, 0.717) is 28.5 Å². The maximum absolute atomic E-state index is 10.5. The van der Waals surface area contributed by atoms with Crippen LogP contribution in [0.5, 0.6) is 5.75 Å². The fraction of sp³-hybridized carbons (Fsp3) is 0.435. The highest BCUT2D eigenvalue weighted by Crippen LogP contribution is 2.33. The lowest BCUT2D eigenvalue weighted by Gasteiger charge is -2.48. The van der Waals surface area contributed by atoms with Gasteiger partial charge >= 0.3 is 0 Å². The number of hydrogen-bond acceptors (Lipinski definition) is 8. The number of aromatic nitrogens is 5. The molecule has 0 amide bonds. The van der Waals surface area contributed by atoms with E-state index in [0.717, 1.165) is 12.8 Å². The summed E-state index contributed by atoms with van der Waals surface area (Å²) in [5, 5.41) is 36.0. The van der Waals surface area contributed by atoms with Crippen LogP contribution in [0.25, 0.3) is 16.9 Å². The van der Waals surface area contributed by atoms with E-state index >= 15 is 0 Å². The van der Waals surface area contributed by atoms with Crippen LogP contribution in [0.2, 0.25) is 0 Å². The lowest BCUT2D eigenvalue weighted by Crippen LogP contribution is -2.62. The van der Waals surface area contributed by atoms with Crippen LogP contribution in [-0.2, 0) is 0 Å². The van der Waals surface area contributed by atoms with Gasteiger partial charge in [0.25, 0.3) is 0 Å². The highest BCUT2D eigenvalue weighted by molar-refractivity contribution is 5.68. The summed E-state index contributed by atoms with van der Waals surface area (Å²) in [6.07, 6.45) is 6.65. The highest BCUT2D eigenvalue weighted by Gasteiger charge is 2.39. The molecule has 0 atom stereocenters. The second-order valence-corrected chi connectivity index (χ2v) is 9.70. The van der Waals surface area contributed by atoms with Gasteiger partial charge < -0.3 is 15.3 Å². The Kier molecular flexibility index (Phi) is 5.34. The van der Waals surface area contributed by atoms with Crippen molar-refractivity contribution in [3.8, 4) is 28.8 Å². The number of rotatable bonds is 4. The van der Waals surface area contributed by atoms with Gasteiger partial charge in [0.15, 0.2) is 0 Å². The van der Waals surface area contributed by atoms with Crippen molar-refractivity contribution in [2.45, 2.75) is 57.7 Å². The zero-order chi connectivity index (χ0) is 23.1. The number of piperidine rings is 1. The van der Waals surface area contributed by atoms with E-state index in [1.54, 1.807) is 30.6 Å². The maximum Gasteiger partial charge on any atom is 0.245 e. The van der Waals surface area contributed by atoms with Crippen molar-refractivity contribution >= 4 is 5.95 Å². The molecule has 4 rings (SSSR count). The minimum absolute atomic E-state index is 0.0180. The van der Waals surface area contributed by atoms with E-state index in [2.05, 4.69) is 58.2 Å². The first-order valence-electron chi connectivity index (χ1n) is 10.6. The summed E-state index contributed by atoms with van der Waals surface area (Å²) in [7, 11) is 2.00. The van der Waals surface area contributed by atoms with Crippen LogP contribution >= 0.6 is 0 Å². The normalized spacial score (nSPS) is 17.6. The molecule has 9 heteroatoms. The predicted molar refractivity (Wildman–Crippen MR) is 121 cm³/mol. The minimum Gasteiger partial charge on any atom is -0.507 e. The molecule has 1 saturated heterocycles. The molecule has 0 saturated carbocycles. The molecule has 32 heavy (non-hydrogen) atoms. The van der Waals surface area contributed by atoms with E-state index in [4.69, 9.17) is 5.26 Å². The summed E-state index contributed by atoms with van der Waals surface area (Å²) in [5.41, 5.74) is 2.13. The van der Waals surface area contributed by atoms with Crippen LogP contribution in [0.3, 0.4) is 0 Å². The number of hydrogen-bond donors (Lipinski definition) is 2. The van der Waals surface area contributed by atoms with Crippen LogP contribution in [0.4, 0.5) is 5.95 Å². The zero-order valence-corrected chi connectivity index (χ0v) is 19.0. The molecule has 1 aliphatic rings. The fourth-order valence-electron chi connectivity index (χ4n) is 4.66. The van der Waals surface area contributed by atoms with Gasteiger partial charge in [0.05, 0.1) is 23.6 Å². The number of phenols is 1. The molecular formula is C23H28N8O. The number of aromatic hydroxyl groups is 1. The molecule has 3 heterocycles. The molecule has 0 spiro atoms. The molecule has 1 aliphatic heterocycles. The molecule has 166 valence electrons. The van der Waals surface area contributed by atoms with Crippen molar-refractivity contribution in [1.82, 2.24) is 30.3 Å². The van der Waals surface area contributed by atoms with Gasteiger partial charge in [-0.2, -0.15) is 10.4 Å². The average molecular weight is 433 g/mol. The molecule has 0 aliphatic carbocycles. The van der Waals surface area contributed by atoms with Gasteiger partial charge in [0.2, 0.25) is 5.95 Å². The first-order valence-corrected chi connectivity index (χ1v) is 10.6. The maximum atomic E-state index is 10.5. The first kappa shape index (κ1) is 21.7. The molecule has 0 radical (unpaired) electrons. The number of benzene rings is 1. The van der Waals surface area contributed by atoms with Gasteiger partial charge in [-0.15, -0.1) is 10.2 Å². The lowest BCUT2D eigenvalue weighted by molar-refractivity contribution is 0.160. The van der Waals surface area contributed by atoms with E-state index < -0.39 is 0 Å². The van der Waals surface area contributed by atoms with Gasteiger partial charge in [-0.25, -0.2) is 9.67 Å². The molecule has 9 nitrogen and oxygen atoms in total. The summed E-state index contributed by atoms with van der Waals surface area (Å²) in [6.45, 7) is 8.86. The molecule has 2 N–H and O–H groups in total. The number of phenolic OH excluding ortho intramolecular Hbond substituents is 1. The van der Waals surface area contributed by atoms with Crippen molar-refractivity contribution in [3.63, 3.8) is 0 Å². The molecule has 1 aromatic carbocycles. The van der Waals surface area contributed by atoms with Crippen LogP contribution in [-0.4, -0.2) is 54.2 Å². The Morgan fingerprint density at radius 1 is 1.16 bits per heavy atom. The van der Waals surface area contributed by atoms with E-state index in [9.17, 15) is 5.11 Å². The third kappa shape index (κ3) is 4.41. The standard InChI is InChI=1S/C23H28N8O/c1-22(2)9-17(10-23(3,4)29-22)30(5)21-25-13-19(27-28-21)18-7-6-16(8-20(18)32)31-14-15(11-24)12-26-31/h6-8,12-14,17,29,32H,9-10H2,1-5H3. The number of nitrogens with zero attached hydrogens (tertiary/aromatic N) is 7. The SMILES string of the molecule is CN(c1ncc(-c2ccc(-n3cc(C#N)cn3)cc2O)nn1)C1CC(C)(C)NC(C)(C)C1. The summed E-state index contributed by atoms with van der Waals surface area (Å²) in [6, 6.07) is 7.43. The largest absolute Gasteiger partial charge is 0.507 e. The van der Waals surface area contributed by atoms with Crippen molar-refractivity contribution in [3.05, 3.63) is 42.4 Å². The van der Waals surface area contributed by atoms with Gasteiger partial charge in [0.1, 0.15) is 17.5 Å².